The van der Waals surface area contributed by atoms with Crippen molar-refractivity contribution in [3.63, 3.8) is 0 Å². The summed E-state index contributed by atoms with van der Waals surface area (Å²) in [5.41, 5.74) is -0.141. The first-order valence-corrected chi connectivity index (χ1v) is 6.43. The van der Waals surface area contributed by atoms with Crippen molar-refractivity contribution >= 4 is 11.6 Å². The highest BCUT2D eigenvalue weighted by molar-refractivity contribution is 5.74. The topological polar surface area (TPSA) is 54.0 Å². The number of hydrogen-bond acceptors (Lipinski definition) is 3. The van der Waals surface area contributed by atoms with Crippen molar-refractivity contribution in [2.75, 3.05) is 5.32 Å². The zero-order valence-electron chi connectivity index (χ0n) is 11.2. The average molecular weight is 287 g/mol. The molecule has 2 N–H and O–H groups in total. The average Bonchev–Trinajstić information content (AvgIpc) is 2.36. The van der Waals surface area contributed by atoms with Crippen LogP contribution in [0.3, 0.4) is 0 Å². The number of amides is 1. The number of halogens is 3. The van der Waals surface area contributed by atoms with Crippen molar-refractivity contribution < 1.29 is 18.0 Å². The number of nitrogens with zero attached hydrogens (tertiary/aromatic N) is 1. The lowest BCUT2D eigenvalue weighted by Crippen LogP contribution is -2.37. The van der Waals surface area contributed by atoms with Gasteiger partial charge in [-0.25, -0.2) is 4.98 Å². The number of pyridine rings is 1. The molecule has 0 radical (unpaired) electrons. The predicted octanol–water partition coefficient (Wildman–Crippen LogP) is 2.87. The summed E-state index contributed by atoms with van der Waals surface area (Å²) in [5.74, 6) is -0.281. The molecule has 2 atom stereocenters. The first-order chi connectivity index (χ1) is 9.31. The molecule has 0 spiro atoms. The van der Waals surface area contributed by atoms with Gasteiger partial charge in [0.1, 0.15) is 5.69 Å². The lowest BCUT2D eigenvalue weighted by Gasteiger charge is -2.32. The van der Waals surface area contributed by atoms with Gasteiger partial charge >= 0.3 is 6.18 Å². The number of carbonyl (C=O) groups is 1. The lowest BCUT2D eigenvalue weighted by molar-refractivity contribution is -0.141. The Bertz CT molecular complexity index is 516. The molecule has 0 saturated heterocycles. The zero-order valence-corrected chi connectivity index (χ0v) is 11.2. The maximum absolute atomic E-state index is 12.7. The first-order valence-electron chi connectivity index (χ1n) is 6.43. The Kier molecular flexibility index (Phi) is 3.87. The monoisotopic (exact) mass is 287 g/mol. The third-order valence-corrected chi connectivity index (χ3v) is 3.30. The summed E-state index contributed by atoms with van der Waals surface area (Å²) in [5, 5.41) is 5.82. The molecule has 7 heteroatoms. The van der Waals surface area contributed by atoms with Gasteiger partial charge < -0.3 is 10.6 Å². The second-order valence-corrected chi connectivity index (χ2v) is 4.87. The molecule has 2 rings (SSSR count). The van der Waals surface area contributed by atoms with E-state index in [0.29, 0.717) is 12.1 Å². The highest BCUT2D eigenvalue weighted by Crippen LogP contribution is 2.35. The standard InChI is InChI=1S/C13H16F3N3O/c1-3-8-6-10(17-7(2)20)12-9(18-8)4-5-11(19-12)13(14,15)16/h4-5,8,10,18H,3,6H2,1-2H3,(H,17,20). The summed E-state index contributed by atoms with van der Waals surface area (Å²) in [4.78, 5) is 14.9. The molecular formula is C13H16F3N3O. The molecule has 1 amide bonds. The number of hydrogen-bond donors (Lipinski definition) is 2. The SMILES string of the molecule is CCC1CC(NC(C)=O)c2nc(C(F)(F)F)ccc2N1. The summed E-state index contributed by atoms with van der Waals surface area (Å²) in [6.45, 7) is 3.32. The fourth-order valence-corrected chi connectivity index (χ4v) is 2.34. The smallest absolute Gasteiger partial charge is 0.381 e. The van der Waals surface area contributed by atoms with Crippen LogP contribution in [0.1, 0.15) is 44.1 Å². The van der Waals surface area contributed by atoms with Gasteiger partial charge in [0.15, 0.2) is 0 Å². The number of fused-ring (bicyclic) bond motifs is 1. The Morgan fingerprint density at radius 1 is 1.50 bits per heavy atom. The van der Waals surface area contributed by atoms with Crippen molar-refractivity contribution in [2.24, 2.45) is 0 Å². The van der Waals surface area contributed by atoms with E-state index < -0.39 is 17.9 Å². The van der Waals surface area contributed by atoms with E-state index in [1.807, 2.05) is 6.92 Å². The normalized spacial score (nSPS) is 21.9. The van der Waals surface area contributed by atoms with Crippen molar-refractivity contribution in [1.29, 1.82) is 0 Å². The van der Waals surface area contributed by atoms with Crippen LogP contribution in [0, 0.1) is 0 Å². The van der Waals surface area contributed by atoms with E-state index in [0.717, 1.165) is 12.5 Å². The van der Waals surface area contributed by atoms with E-state index in [-0.39, 0.29) is 17.6 Å². The molecule has 4 nitrogen and oxygen atoms in total. The lowest BCUT2D eigenvalue weighted by atomic mass is 9.95. The van der Waals surface area contributed by atoms with E-state index in [4.69, 9.17) is 0 Å². The fraction of sp³-hybridized carbons (Fsp3) is 0.538. The van der Waals surface area contributed by atoms with Crippen LogP contribution in [-0.4, -0.2) is 16.9 Å². The maximum Gasteiger partial charge on any atom is 0.433 e. The van der Waals surface area contributed by atoms with E-state index in [2.05, 4.69) is 15.6 Å². The molecule has 20 heavy (non-hydrogen) atoms. The van der Waals surface area contributed by atoms with Crippen LogP contribution in [0.25, 0.3) is 0 Å². The minimum absolute atomic E-state index is 0.109. The van der Waals surface area contributed by atoms with Crippen LogP contribution in [0.2, 0.25) is 0 Å². The molecule has 1 aliphatic rings. The molecule has 0 saturated carbocycles. The summed E-state index contributed by atoms with van der Waals surface area (Å²) in [7, 11) is 0. The van der Waals surface area contributed by atoms with Gasteiger partial charge in [0, 0.05) is 13.0 Å². The molecule has 0 aromatic carbocycles. The highest BCUT2D eigenvalue weighted by atomic mass is 19.4. The van der Waals surface area contributed by atoms with Crippen LogP contribution in [0.4, 0.5) is 18.9 Å². The first kappa shape index (κ1) is 14.6. The minimum Gasteiger partial charge on any atom is -0.381 e. The van der Waals surface area contributed by atoms with Gasteiger partial charge in [-0.3, -0.25) is 4.79 Å². The molecule has 0 aliphatic carbocycles. The summed E-state index contributed by atoms with van der Waals surface area (Å²) >= 11 is 0. The second kappa shape index (κ2) is 5.30. The van der Waals surface area contributed by atoms with E-state index in [1.54, 1.807) is 0 Å². The summed E-state index contributed by atoms with van der Waals surface area (Å²) in [6, 6.07) is 1.95. The zero-order chi connectivity index (χ0) is 14.9. The Morgan fingerprint density at radius 2 is 2.20 bits per heavy atom. The molecule has 2 heterocycles. The van der Waals surface area contributed by atoms with Gasteiger partial charge in [0.05, 0.1) is 17.4 Å². The fourth-order valence-electron chi connectivity index (χ4n) is 2.34. The van der Waals surface area contributed by atoms with E-state index in [9.17, 15) is 18.0 Å². The Labute approximate surface area is 114 Å². The number of rotatable bonds is 2. The van der Waals surface area contributed by atoms with Gasteiger partial charge in [-0.15, -0.1) is 0 Å². The quantitative estimate of drug-likeness (QED) is 0.879. The maximum atomic E-state index is 12.7. The molecule has 1 aliphatic heterocycles. The third kappa shape index (κ3) is 3.02. The number of aromatic nitrogens is 1. The number of anilines is 1. The van der Waals surface area contributed by atoms with Gasteiger partial charge in [-0.1, -0.05) is 6.92 Å². The molecule has 0 fully saturated rings. The Hall–Kier alpha value is -1.79. The second-order valence-electron chi connectivity index (χ2n) is 4.87. The molecule has 2 unspecified atom stereocenters. The third-order valence-electron chi connectivity index (χ3n) is 3.30. The molecule has 1 aromatic rings. The van der Waals surface area contributed by atoms with Crippen molar-refractivity contribution in [2.45, 2.75) is 44.9 Å². The van der Waals surface area contributed by atoms with Crippen molar-refractivity contribution in [1.82, 2.24) is 10.3 Å². The van der Waals surface area contributed by atoms with Crippen molar-refractivity contribution in [3.8, 4) is 0 Å². The minimum atomic E-state index is -4.49. The molecule has 110 valence electrons. The van der Waals surface area contributed by atoms with Gasteiger partial charge in [-0.05, 0) is 25.0 Å². The van der Waals surface area contributed by atoms with Crippen LogP contribution < -0.4 is 10.6 Å². The molecule has 1 aromatic heterocycles. The number of alkyl halides is 3. The van der Waals surface area contributed by atoms with E-state index >= 15 is 0 Å². The van der Waals surface area contributed by atoms with Crippen LogP contribution in [0.15, 0.2) is 12.1 Å². The van der Waals surface area contributed by atoms with Gasteiger partial charge in [-0.2, -0.15) is 13.2 Å². The van der Waals surface area contributed by atoms with Crippen molar-refractivity contribution in [3.05, 3.63) is 23.5 Å². The summed E-state index contributed by atoms with van der Waals surface area (Å²) in [6.07, 6.45) is -3.15. The Balaban J connectivity index is 2.40. The molecular weight excluding hydrogens is 271 g/mol. The van der Waals surface area contributed by atoms with Crippen LogP contribution in [-0.2, 0) is 11.0 Å². The highest BCUT2D eigenvalue weighted by Gasteiger charge is 2.35. The number of nitrogens with one attached hydrogen (secondary N) is 2. The van der Waals surface area contributed by atoms with Gasteiger partial charge in [0.25, 0.3) is 0 Å². The van der Waals surface area contributed by atoms with E-state index in [1.165, 1.54) is 13.0 Å². The van der Waals surface area contributed by atoms with Gasteiger partial charge in [0.2, 0.25) is 5.91 Å². The Morgan fingerprint density at radius 3 is 2.75 bits per heavy atom. The van der Waals surface area contributed by atoms with Crippen LogP contribution in [0.5, 0.6) is 0 Å². The largest absolute Gasteiger partial charge is 0.433 e. The van der Waals surface area contributed by atoms with Crippen LogP contribution >= 0.6 is 0 Å². The molecule has 0 bridgehead atoms. The number of carbonyl (C=O) groups excluding carboxylic acids is 1. The predicted molar refractivity (Wildman–Crippen MR) is 68.1 cm³/mol. The summed E-state index contributed by atoms with van der Waals surface area (Å²) < 4.78 is 38.2.